The summed E-state index contributed by atoms with van der Waals surface area (Å²) in [5, 5.41) is 17.9. The molecule has 1 fully saturated rings. The number of benzene rings is 1. The van der Waals surface area contributed by atoms with Crippen molar-refractivity contribution in [3.05, 3.63) is 29.8 Å². The Morgan fingerprint density at radius 3 is 1.95 bits per heavy atom. The molecule has 1 aromatic carbocycles. The molecule has 0 unspecified atom stereocenters. The van der Waals surface area contributed by atoms with Crippen LogP contribution in [0.15, 0.2) is 29.2 Å². The van der Waals surface area contributed by atoms with Gasteiger partial charge in [-0.3, -0.25) is 9.59 Å². The molecule has 7 nitrogen and oxygen atoms in total. The average Bonchev–Trinajstić information content (AvgIpc) is 2.26. The van der Waals surface area contributed by atoms with E-state index in [-0.39, 0.29) is 4.90 Å². The lowest BCUT2D eigenvalue weighted by Crippen LogP contribution is -2.65. The molecule has 0 aromatic heterocycles. The van der Waals surface area contributed by atoms with E-state index >= 15 is 0 Å². The van der Waals surface area contributed by atoms with Gasteiger partial charge in [0.25, 0.3) is 0 Å². The van der Waals surface area contributed by atoms with Crippen LogP contribution in [0.25, 0.3) is 0 Å². The summed E-state index contributed by atoms with van der Waals surface area (Å²) in [5.41, 5.74) is -1.16. The normalized spacial score (nSPS) is 18.2. The van der Waals surface area contributed by atoms with Gasteiger partial charge in [0, 0.05) is 13.1 Å². The fourth-order valence-corrected chi connectivity index (χ4v) is 3.51. The number of rotatable bonds is 4. The predicted molar refractivity (Wildman–Crippen MR) is 67.6 cm³/mol. The average molecular weight is 299 g/mol. The van der Waals surface area contributed by atoms with Gasteiger partial charge in [-0.15, -0.1) is 0 Å². The van der Waals surface area contributed by atoms with Gasteiger partial charge < -0.3 is 10.2 Å². The number of carboxylic acids is 2. The Morgan fingerprint density at radius 2 is 1.55 bits per heavy atom. The molecule has 1 aromatic rings. The van der Waals surface area contributed by atoms with E-state index in [9.17, 15) is 18.0 Å². The largest absolute Gasteiger partial charge is 0.480 e. The molecule has 108 valence electrons. The van der Waals surface area contributed by atoms with Gasteiger partial charge in [0.15, 0.2) is 5.41 Å². The third kappa shape index (κ3) is 2.06. The zero-order chi connectivity index (χ0) is 15.1. The summed E-state index contributed by atoms with van der Waals surface area (Å²) in [7, 11) is -3.85. The van der Waals surface area contributed by atoms with Crippen molar-refractivity contribution in [2.75, 3.05) is 13.1 Å². The quantitative estimate of drug-likeness (QED) is 0.766. The van der Waals surface area contributed by atoms with Crippen LogP contribution in [0, 0.1) is 12.3 Å². The molecule has 1 aliphatic rings. The van der Waals surface area contributed by atoms with Crippen LogP contribution in [0.5, 0.6) is 0 Å². The van der Waals surface area contributed by atoms with Crippen molar-refractivity contribution in [3.63, 3.8) is 0 Å². The fourth-order valence-electron chi connectivity index (χ4n) is 1.95. The Hall–Kier alpha value is -1.93. The Bertz CT molecular complexity index is 642. The Balaban J connectivity index is 2.25. The van der Waals surface area contributed by atoms with Crippen LogP contribution in [0.1, 0.15) is 5.56 Å². The smallest absolute Gasteiger partial charge is 0.323 e. The summed E-state index contributed by atoms with van der Waals surface area (Å²) < 4.78 is 25.3. The summed E-state index contributed by atoms with van der Waals surface area (Å²) in [5.74, 6) is -3.05. The van der Waals surface area contributed by atoms with Gasteiger partial charge in [-0.2, -0.15) is 4.31 Å². The van der Waals surface area contributed by atoms with Crippen molar-refractivity contribution in [1.29, 1.82) is 0 Å². The predicted octanol–water partition coefficient (Wildman–Crippen LogP) is 0.155. The first-order valence-electron chi connectivity index (χ1n) is 5.74. The third-order valence-corrected chi connectivity index (χ3v) is 5.18. The first-order chi connectivity index (χ1) is 9.20. The number of aryl methyl sites for hydroxylation is 1. The van der Waals surface area contributed by atoms with Crippen LogP contribution in [0.4, 0.5) is 0 Å². The standard InChI is InChI=1S/C12H13NO6S/c1-8-2-4-9(5-3-8)20(18,19)13-6-12(7-13,10(14)15)11(16)17/h2-5H,6-7H2,1H3,(H,14,15)(H,16,17). The van der Waals surface area contributed by atoms with E-state index in [1.807, 2.05) is 0 Å². The summed E-state index contributed by atoms with van der Waals surface area (Å²) in [6.45, 7) is 0.682. The molecule has 20 heavy (non-hydrogen) atoms. The van der Waals surface area contributed by atoms with Crippen LogP contribution in [0.2, 0.25) is 0 Å². The van der Waals surface area contributed by atoms with Gasteiger partial charge in [0.05, 0.1) is 4.90 Å². The van der Waals surface area contributed by atoms with E-state index in [1.54, 1.807) is 19.1 Å². The third-order valence-electron chi connectivity index (χ3n) is 3.37. The summed E-state index contributed by atoms with van der Waals surface area (Å²) >= 11 is 0. The van der Waals surface area contributed by atoms with Gasteiger partial charge in [0.2, 0.25) is 10.0 Å². The van der Waals surface area contributed by atoms with Gasteiger partial charge in [-0.25, -0.2) is 8.42 Å². The highest BCUT2D eigenvalue weighted by atomic mass is 32.2. The molecule has 0 bridgehead atoms. The van der Waals surface area contributed by atoms with E-state index in [2.05, 4.69) is 0 Å². The summed E-state index contributed by atoms with van der Waals surface area (Å²) in [6, 6.07) is 6.06. The van der Waals surface area contributed by atoms with E-state index < -0.39 is 40.5 Å². The van der Waals surface area contributed by atoms with Crippen molar-refractivity contribution < 1.29 is 28.2 Å². The van der Waals surface area contributed by atoms with E-state index in [4.69, 9.17) is 10.2 Å². The minimum Gasteiger partial charge on any atom is -0.480 e. The van der Waals surface area contributed by atoms with Crippen LogP contribution < -0.4 is 0 Å². The number of carbonyl (C=O) groups is 2. The fraction of sp³-hybridized carbons (Fsp3) is 0.333. The van der Waals surface area contributed by atoms with Crippen molar-refractivity contribution in [2.24, 2.45) is 5.41 Å². The summed E-state index contributed by atoms with van der Waals surface area (Å²) in [6.07, 6.45) is 0. The second-order valence-corrected chi connectivity index (χ2v) is 6.72. The second kappa shape index (κ2) is 4.57. The maximum Gasteiger partial charge on any atom is 0.323 e. The Kier molecular flexibility index (Phi) is 3.31. The van der Waals surface area contributed by atoms with Crippen molar-refractivity contribution >= 4 is 22.0 Å². The highest BCUT2D eigenvalue weighted by Crippen LogP contribution is 2.35. The zero-order valence-corrected chi connectivity index (χ0v) is 11.4. The lowest BCUT2D eigenvalue weighted by atomic mass is 9.82. The maximum atomic E-state index is 12.2. The number of sulfonamides is 1. The summed E-state index contributed by atoms with van der Waals surface area (Å²) in [4.78, 5) is 22.0. The second-order valence-electron chi connectivity index (χ2n) is 4.78. The van der Waals surface area contributed by atoms with Gasteiger partial charge in [0.1, 0.15) is 0 Å². The van der Waals surface area contributed by atoms with Crippen molar-refractivity contribution in [1.82, 2.24) is 4.31 Å². The molecule has 2 N–H and O–H groups in total. The Labute approximate surface area is 115 Å². The van der Waals surface area contributed by atoms with Gasteiger partial charge >= 0.3 is 11.9 Å². The molecule has 0 amide bonds. The molecule has 0 spiro atoms. The van der Waals surface area contributed by atoms with Crippen LogP contribution in [-0.2, 0) is 19.6 Å². The minimum absolute atomic E-state index is 0.0208. The zero-order valence-electron chi connectivity index (χ0n) is 10.6. The van der Waals surface area contributed by atoms with Crippen LogP contribution >= 0.6 is 0 Å². The molecular formula is C12H13NO6S. The van der Waals surface area contributed by atoms with Crippen molar-refractivity contribution in [2.45, 2.75) is 11.8 Å². The molecule has 2 rings (SSSR count). The number of hydrogen-bond donors (Lipinski definition) is 2. The number of hydrogen-bond acceptors (Lipinski definition) is 4. The first kappa shape index (κ1) is 14.5. The van der Waals surface area contributed by atoms with Gasteiger partial charge in [-0.05, 0) is 19.1 Å². The van der Waals surface area contributed by atoms with Crippen LogP contribution in [0.3, 0.4) is 0 Å². The number of carboxylic acid groups (broad SMARTS) is 2. The highest BCUT2D eigenvalue weighted by Gasteiger charge is 2.59. The SMILES string of the molecule is Cc1ccc(S(=O)(=O)N2CC(C(=O)O)(C(=O)O)C2)cc1. The molecule has 0 atom stereocenters. The molecule has 0 radical (unpaired) electrons. The topological polar surface area (TPSA) is 112 Å². The van der Waals surface area contributed by atoms with E-state index in [1.165, 1.54) is 12.1 Å². The molecule has 8 heteroatoms. The monoisotopic (exact) mass is 299 g/mol. The minimum atomic E-state index is -3.85. The molecule has 0 aliphatic carbocycles. The van der Waals surface area contributed by atoms with Crippen LogP contribution in [-0.4, -0.2) is 48.0 Å². The van der Waals surface area contributed by atoms with Gasteiger partial charge in [-0.1, -0.05) is 17.7 Å². The molecule has 0 saturated carbocycles. The molecule has 1 aliphatic heterocycles. The van der Waals surface area contributed by atoms with E-state index in [0.29, 0.717) is 0 Å². The number of aliphatic carboxylic acids is 2. The van der Waals surface area contributed by atoms with E-state index in [0.717, 1.165) is 9.87 Å². The van der Waals surface area contributed by atoms with Crippen molar-refractivity contribution in [3.8, 4) is 0 Å². The molecule has 1 saturated heterocycles. The molecular weight excluding hydrogens is 286 g/mol. The molecule has 1 heterocycles. The first-order valence-corrected chi connectivity index (χ1v) is 7.18. The lowest BCUT2D eigenvalue weighted by molar-refractivity contribution is -0.173. The maximum absolute atomic E-state index is 12.2. The highest BCUT2D eigenvalue weighted by molar-refractivity contribution is 7.89. The number of nitrogens with zero attached hydrogens (tertiary/aromatic N) is 1. The lowest BCUT2D eigenvalue weighted by Gasteiger charge is -2.42. The Morgan fingerprint density at radius 1 is 1.10 bits per heavy atom.